The molecule has 1 amide bonds. The Morgan fingerprint density at radius 3 is 2.80 bits per heavy atom. The largest absolute Gasteiger partial charge is 0.338 e. The number of hydrogen-bond donors (Lipinski definition) is 0. The molecular formula is C12H11NO2. The summed E-state index contributed by atoms with van der Waals surface area (Å²) in [5, 5.41) is 0. The van der Waals surface area contributed by atoms with E-state index in [-0.39, 0.29) is 23.7 Å². The maximum Gasteiger partial charge on any atom is 0.223 e. The van der Waals surface area contributed by atoms with Gasteiger partial charge in [0.25, 0.3) is 0 Å². The Morgan fingerprint density at radius 2 is 2.00 bits per heavy atom. The normalized spacial score (nSPS) is 28.2. The number of rotatable bonds is 0. The first-order valence-corrected chi connectivity index (χ1v) is 5.09. The Balaban J connectivity index is 2.18. The Bertz CT molecular complexity index is 466. The van der Waals surface area contributed by atoms with Gasteiger partial charge in [-0.25, -0.2) is 0 Å². The van der Waals surface area contributed by atoms with E-state index >= 15 is 0 Å². The van der Waals surface area contributed by atoms with E-state index in [1.54, 1.807) is 11.9 Å². The van der Waals surface area contributed by atoms with Crippen LogP contribution in [0.3, 0.4) is 0 Å². The summed E-state index contributed by atoms with van der Waals surface area (Å²) < 4.78 is 0. The van der Waals surface area contributed by atoms with Crippen LogP contribution < -0.4 is 0 Å². The number of likely N-dealkylation sites (tertiary alicyclic amines) is 1. The van der Waals surface area contributed by atoms with Gasteiger partial charge in [0.15, 0.2) is 5.78 Å². The van der Waals surface area contributed by atoms with Gasteiger partial charge in [0.2, 0.25) is 5.91 Å². The Labute approximate surface area is 87.7 Å². The first-order chi connectivity index (χ1) is 7.20. The van der Waals surface area contributed by atoms with E-state index < -0.39 is 0 Å². The van der Waals surface area contributed by atoms with Crippen molar-refractivity contribution in [1.29, 1.82) is 0 Å². The van der Waals surface area contributed by atoms with Crippen LogP contribution in [-0.4, -0.2) is 23.6 Å². The third-order valence-corrected chi connectivity index (χ3v) is 3.47. The van der Waals surface area contributed by atoms with Gasteiger partial charge in [-0.2, -0.15) is 0 Å². The van der Waals surface area contributed by atoms with Gasteiger partial charge in [0.05, 0.1) is 12.0 Å². The molecule has 0 bridgehead atoms. The van der Waals surface area contributed by atoms with Gasteiger partial charge >= 0.3 is 0 Å². The number of Topliss-reactive ketones (excluding diaryl/α,β-unsaturated/α-hetero) is 1. The van der Waals surface area contributed by atoms with Gasteiger partial charge in [0.1, 0.15) is 0 Å². The van der Waals surface area contributed by atoms with Gasteiger partial charge in [-0.1, -0.05) is 24.3 Å². The molecule has 2 atom stereocenters. The second-order valence-corrected chi connectivity index (χ2v) is 4.21. The molecule has 1 fully saturated rings. The van der Waals surface area contributed by atoms with Crippen LogP contribution in [0.15, 0.2) is 24.3 Å². The molecule has 1 saturated heterocycles. The third kappa shape index (κ3) is 0.950. The smallest absolute Gasteiger partial charge is 0.223 e. The number of benzene rings is 1. The zero-order valence-corrected chi connectivity index (χ0v) is 8.43. The second-order valence-electron chi connectivity index (χ2n) is 4.21. The topological polar surface area (TPSA) is 37.4 Å². The average molecular weight is 201 g/mol. The predicted molar refractivity (Wildman–Crippen MR) is 54.4 cm³/mol. The molecule has 1 aromatic carbocycles. The molecule has 15 heavy (non-hydrogen) atoms. The highest BCUT2D eigenvalue weighted by Crippen LogP contribution is 2.45. The van der Waals surface area contributed by atoms with Gasteiger partial charge in [-0.3, -0.25) is 9.59 Å². The summed E-state index contributed by atoms with van der Waals surface area (Å²) in [5.74, 6) is 0.0704. The molecule has 2 unspecified atom stereocenters. The molecule has 3 heteroatoms. The molecule has 3 nitrogen and oxygen atoms in total. The number of ketones is 1. The van der Waals surface area contributed by atoms with E-state index in [1.807, 2.05) is 24.3 Å². The Hall–Kier alpha value is -1.64. The first kappa shape index (κ1) is 8.65. The van der Waals surface area contributed by atoms with Crippen LogP contribution in [0.25, 0.3) is 0 Å². The Morgan fingerprint density at radius 1 is 1.27 bits per heavy atom. The van der Waals surface area contributed by atoms with Crippen LogP contribution in [0.4, 0.5) is 0 Å². The van der Waals surface area contributed by atoms with Gasteiger partial charge in [-0.05, 0) is 5.56 Å². The average Bonchev–Trinajstić information content (AvgIpc) is 2.68. The minimum Gasteiger partial charge on any atom is -0.338 e. The maximum absolute atomic E-state index is 12.0. The molecule has 2 aliphatic rings. The van der Waals surface area contributed by atoms with Crippen LogP contribution in [0.1, 0.15) is 28.4 Å². The van der Waals surface area contributed by atoms with Crippen molar-refractivity contribution < 1.29 is 9.59 Å². The summed E-state index contributed by atoms with van der Waals surface area (Å²) in [6.07, 6.45) is 0.370. The van der Waals surface area contributed by atoms with E-state index in [4.69, 9.17) is 0 Å². The summed E-state index contributed by atoms with van der Waals surface area (Å²) in [6.45, 7) is 0. The van der Waals surface area contributed by atoms with E-state index in [1.165, 1.54) is 0 Å². The summed E-state index contributed by atoms with van der Waals surface area (Å²) in [5.41, 5.74) is 1.81. The predicted octanol–water partition coefficient (Wildman–Crippen LogP) is 1.40. The highest BCUT2D eigenvalue weighted by molar-refractivity contribution is 6.06. The number of carbonyl (C=O) groups excluding carboxylic acids is 2. The van der Waals surface area contributed by atoms with Crippen molar-refractivity contribution in [3.8, 4) is 0 Å². The first-order valence-electron chi connectivity index (χ1n) is 5.09. The van der Waals surface area contributed by atoms with E-state index in [0.717, 1.165) is 11.1 Å². The quantitative estimate of drug-likeness (QED) is 0.636. The molecule has 1 heterocycles. The fourth-order valence-electron chi connectivity index (χ4n) is 2.71. The summed E-state index contributed by atoms with van der Waals surface area (Å²) in [4.78, 5) is 25.2. The van der Waals surface area contributed by atoms with Crippen molar-refractivity contribution in [2.45, 2.75) is 12.5 Å². The molecular weight excluding hydrogens is 190 g/mol. The van der Waals surface area contributed by atoms with Crippen molar-refractivity contribution in [2.24, 2.45) is 5.92 Å². The lowest BCUT2D eigenvalue weighted by molar-refractivity contribution is -0.127. The number of nitrogens with zero attached hydrogens (tertiary/aromatic N) is 1. The zero-order valence-electron chi connectivity index (χ0n) is 8.43. The molecule has 0 spiro atoms. The highest BCUT2D eigenvalue weighted by atomic mass is 16.2. The minimum absolute atomic E-state index is 0.0128. The molecule has 1 aliphatic carbocycles. The second kappa shape index (κ2) is 2.69. The van der Waals surface area contributed by atoms with Gasteiger partial charge in [-0.15, -0.1) is 0 Å². The standard InChI is InChI=1S/C12H11NO2/c1-13-10(14)6-9-11(13)7-4-2-3-5-8(7)12(9)15/h2-5,9,11H,6H2,1H3. The lowest BCUT2D eigenvalue weighted by Crippen LogP contribution is -2.22. The summed E-state index contributed by atoms with van der Waals surface area (Å²) in [7, 11) is 1.78. The molecule has 0 radical (unpaired) electrons. The number of carbonyl (C=O) groups is 2. The lowest BCUT2D eigenvalue weighted by atomic mass is 10.0. The number of fused-ring (bicyclic) bond motifs is 3. The highest BCUT2D eigenvalue weighted by Gasteiger charge is 2.48. The SMILES string of the molecule is CN1C(=O)CC2C(=O)c3ccccc3C21. The minimum atomic E-state index is -0.139. The monoisotopic (exact) mass is 201 g/mol. The van der Waals surface area contributed by atoms with Gasteiger partial charge < -0.3 is 4.90 Å². The number of hydrogen-bond acceptors (Lipinski definition) is 2. The molecule has 1 aliphatic heterocycles. The van der Waals surface area contributed by atoms with Crippen LogP contribution in [0.2, 0.25) is 0 Å². The Kier molecular flexibility index (Phi) is 1.55. The van der Waals surface area contributed by atoms with Crippen molar-refractivity contribution in [3.05, 3.63) is 35.4 Å². The maximum atomic E-state index is 12.0. The fourth-order valence-corrected chi connectivity index (χ4v) is 2.71. The molecule has 0 N–H and O–H groups in total. The molecule has 76 valence electrons. The van der Waals surface area contributed by atoms with Crippen molar-refractivity contribution in [2.75, 3.05) is 7.05 Å². The number of amides is 1. The van der Waals surface area contributed by atoms with E-state index in [2.05, 4.69) is 0 Å². The molecule has 3 rings (SSSR count). The third-order valence-electron chi connectivity index (χ3n) is 3.47. The molecule has 0 saturated carbocycles. The van der Waals surface area contributed by atoms with Crippen LogP contribution in [-0.2, 0) is 4.79 Å². The van der Waals surface area contributed by atoms with Crippen molar-refractivity contribution in [1.82, 2.24) is 4.90 Å². The zero-order chi connectivity index (χ0) is 10.6. The fraction of sp³-hybridized carbons (Fsp3) is 0.333. The van der Waals surface area contributed by atoms with Crippen LogP contribution in [0.5, 0.6) is 0 Å². The lowest BCUT2D eigenvalue weighted by Gasteiger charge is -2.18. The van der Waals surface area contributed by atoms with E-state index in [9.17, 15) is 9.59 Å². The van der Waals surface area contributed by atoms with Crippen LogP contribution >= 0.6 is 0 Å². The molecule has 1 aromatic rings. The van der Waals surface area contributed by atoms with Gasteiger partial charge in [0, 0.05) is 19.0 Å². The van der Waals surface area contributed by atoms with E-state index in [0.29, 0.717) is 6.42 Å². The molecule has 0 aromatic heterocycles. The van der Waals surface area contributed by atoms with Crippen molar-refractivity contribution in [3.63, 3.8) is 0 Å². The van der Waals surface area contributed by atoms with Crippen molar-refractivity contribution >= 4 is 11.7 Å². The summed E-state index contributed by atoms with van der Waals surface area (Å²) in [6, 6.07) is 7.59. The van der Waals surface area contributed by atoms with Crippen LogP contribution in [0, 0.1) is 5.92 Å². The summed E-state index contributed by atoms with van der Waals surface area (Å²) >= 11 is 0.